The lowest BCUT2D eigenvalue weighted by Gasteiger charge is -2.16. The van der Waals surface area contributed by atoms with E-state index in [4.69, 9.17) is 14.2 Å². The Morgan fingerprint density at radius 1 is 1.12 bits per heavy atom. The first-order chi connectivity index (χ1) is 16.6. The summed E-state index contributed by atoms with van der Waals surface area (Å²) in [6.45, 7) is -0.0624. The number of nitrogens with one attached hydrogen (secondary N) is 1. The molecule has 0 aliphatic rings. The van der Waals surface area contributed by atoms with E-state index in [1.165, 1.54) is 25.6 Å². The zero-order valence-electron chi connectivity index (χ0n) is 18.7. The lowest BCUT2D eigenvalue weighted by atomic mass is 10.3. The molecular formula is C24H24N4O5S. The number of amides is 1. The molecule has 9 nitrogen and oxygen atoms in total. The molecule has 2 aromatic heterocycles. The largest absolute Gasteiger partial charge is 0.493 e. The smallest absolute Gasteiger partial charge is 0.270 e. The highest BCUT2D eigenvalue weighted by Crippen LogP contribution is 2.36. The first-order valence-electron chi connectivity index (χ1n) is 10.4. The normalized spacial score (nSPS) is 11.6. The van der Waals surface area contributed by atoms with Crippen molar-refractivity contribution in [3.05, 3.63) is 72.0 Å². The summed E-state index contributed by atoms with van der Waals surface area (Å²) < 4.78 is 18.0. The molecule has 2 heterocycles. The maximum absolute atomic E-state index is 12.5. The van der Waals surface area contributed by atoms with Gasteiger partial charge in [0, 0.05) is 23.7 Å². The van der Waals surface area contributed by atoms with Gasteiger partial charge in [-0.05, 0) is 24.3 Å². The predicted molar refractivity (Wildman–Crippen MR) is 128 cm³/mol. The number of thiazole rings is 1. The Morgan fingerprint density at radius 2 is 1.85 bits per heavy atom. The molecule has 0 spiro atoms. The van der Waals surface area contributed by atoms with Crippen LogP contribution in [-0.4, -0.2) is 59.3 Å². The quantitative estimate of drug-likeness (QED) is 0.359. The van der Waals surface area contributed by atoms with Crippen molar-refractivity contribution in [3.8, 4) is 33.5 Å². The molecule has 2 N–H and O–H groups in total. The van der Waals surface area contributed by atoms with Gasteiger partial charge < -0.3 is 24.6 Å². The van der Waals surface area contributed by atoms with Crippen molar-refractivity contribution in [3.63, 3.8) is 0 Å². The molecule has 1 unspecified atom stereocenters. The monoisotopic (exact) mass is 480 g/mol. The molecule has 1 amide bonds. The van der Waals surface area contributed by atoms with E-state index in [1.54, 1.807) is 34.5 Å². The Balaban J connectivity index is 1.32. The van der Waals surface area contributed by atoms with Gasteiger partial charge in [-0.2, -0.15) is 5.10 Å². The van der Waals surface area contributed by atoms with Crippen molar-refractivity contribution in [2.45, 2.75) is 6.10 Å². The molecule has 1 atom stereocenters. The Hall–Kier alpha value is -3.89. The van der Waals surface area contributed by atoms with Gasteiger partial charge in [0.15, 0.2) is 11.5 Å². The molecule has 0 aliphatic carbocycles. The number of ether oxygens (including phenoxy) is 3. The van der Waals surface area contributed by atoms with E-state index in [0.29, 0.717) is 22.3 Å². The molecule has 176 valence electrons. The summed E-state index contributed by atoms with van der Waals surface area (Å²) in [7, 11) is 3.04. The van der Waals surface area contributed by atoms with Crippen LogP contribution in [0.3, 0.4) is 0 Å². The third-order valence-electron chi connectivity index (χ3n) is 4.89. The number of hydrogen-bond acceptors (Lipinski definition) is 8. The Morgan fingerprint density at radius 3 is 2.56 bits per heavy atom. The van der Waals surface area contributed by atoms with Crippen molar-refractivity contribution in [2.75, 3.05) is 27.4 Å². The van der Waals surface area contributed by atoms with Gasteiger partial charge >= 0.3 is 0 Å². The summed E-state index contributed by atoms with van der Waals surface area (Å²) in [4.78, 5) is 16.9. The van der Waals surface area contributed by atoms with Crippen LogP contribution in [0.1, 0.15) is 10.5 Å². The van der Waals surface area contributed by atoms with E-state index < -0.39 is 6.10 Å². The minimum Gasteiger partial charge on any atom is -0.493 e. The molecule has 2 aromatic carbocycles. The van der Waals surface area contributed by atoms with Gasteiger partial charge in [0.05, 0.1) is 26.1 Å². The number of nitrogens with zero attached hydrogens (tertiary/aromatic N) is 3. The first kappa shape index (κ1) is 23.3. The molecular weight excluding hydrogens is 456 g/mol. The SMILES string of the molecule is COc1cccc(OC)c1OCC(O)CNC(=O)c1csc(-c2cnn(-c3ccccc3)c2)n1. The van der Waals surface area contributed by atoms with Gasteiger partial charge in [0.25, 0.3) is 5.91 Å². The van der Waals surface area contributed by atoms with Crippen LogP contribution in [0.4, 0.5) is 0 Å². The minimum atomic E-state index is -0.944. The second kappa shape index (κ2) is 10.8. The molecule has 0 saturated heterocycles. The van der Waals surface area contributed by atoms with Crippen molar-refractivity contribution in [2.24, 2.45) is 0 Å². The molecule has 0 fully saturated rings. The molecule has 0 radical (unpaired) electrons. The standard InChI is InChI=1S/C24H24N4O5S/c1-31-20-9-6-10-21(32-2)22(20)33-14-18(29)12-25-23(30)19-15-34-24(27-19)16-11-26-28(13-16)17-7-4-3-5-8-17/h3-11,13,15,18,29H,12,14H2,1-2H3,(H,25,30). The van der Waals surface area contributed by atoms with E-state index in [-0.39, 0.29) is 24.8 Å². The number of para-hydroxylation sites is 2. The Labute approximate surface area is 200 Å². The minimum absolute atomic E-state index is 0.00486. The maximum atomic E-state index is 12.5. The summed E-state index contributed by atoms with van der Waals surface area (Å²) in [6, 6.07) is 15.0. The zero-order valence-corrected chi connectivity index (χ0v) is 19.5. The van der Waals surface area contributed by atoms with Crippen LogP contribution >= 0.6 is 11.3 Å². The average Bonchev–Trinajstić information content (AvgIpc) is 3.56. The Kier molecular flexibility index (Phi) is 7.41. The highest BCUT2D eigenvalue weighted by Gasteiger charge is 2.17. The molecule has 4 aromatic rings. The molecule has 34 heavy (non-hydrogen) atoms. The van der Waals surface area contributed by atoms with E-state index >= 15 is 0 Å². The number of hydrogen-bond donors (Lipinski definition) is 2. The number of aliphatic hydroxyl groups excluding tert-OH is 1. The van der Waals surface area contributed by atoms with Gasteiger partial charge in [-0.25, -0.2) is 9.67 Å². The fourth-order valence-corrected chi connectivity index (χ4v) is 3.94. The maximum Gasteiger partial charge on any atom is 0.270 e. The molecule has 4 rings (SSSR count). The van der Waals surface area contributed by atoms with Gasteiger partial charge in [0.1, 0.15) is 23.4 Å². The van der Waals surface area contributed by atoms with Crippen LogP contribution in [0.2, 0.25) is 0 Å². The second-order valence-corrected chi connectivity index (χ2v) is 8.07. The van der Waals surface area contributed by atoms with Crippen LogP contribution in [0.5, 0.6) is 17.2 Å². The summed E-state index contributed by atoms with van der Waals surface area (Å²) >= 11 is 1.35. The summed E-state index contributed by atoms with van der Waals surface area (Å²) in [5.41, 5.74) is 2.02. The number of methoxy groups -OCH3 is 2. The van der Waals surface area contributed by atoms with Crippen LogP contribution in [0, 0.1) is 0 Å². The summed E-state index contributed by atoms with van der Waals surface area (Å²) in [5, 5.41) is 19.7. The van der Waals surface area contributed by atoms with Gasteiger partial charge in [0.2, 0.25) is 5.75 Å². The zero-order chi connectivity index (χ0) is 23.9. The van der Waals surface area contributed by atoms with Crippen molar-refractivity contribution >= 4 is 17.2 Å². The lowest BCUT2D eigenvalue weighted by molar-refractivity contribution is 0.0830. The lowest BCUT2D eigenvalue weighted by Crippen LogP contribution is -2.35. The topological polar surface area (TPSA) is 108 Å². The number of aliphatic hydroxyl groups is 1. The van der Waals surface area contributed by atoms with Gasteiger partial charge in [-0.15, -0.1) is 11.3 Å². The predicted octanol–water partition coefficient (Wildman–Crippen LogP) is 3.18. The van der Waals surface area contributed by atoms with Crippen molar-refractivity contribution in [1.82, 2.24) is 20.1 Å². The molecule has 0 saturated carbocycles. The molecule has 0 aliphatic heterocycles. The van der Waals surface area contributed by atoms with Crippen molar-refractivity contribution < 1.29 is 24.1 Å². The van der Waals surface area contributed by atoms with Crippen molar-refractivity contribution in [1.29, 1.82) is 0 Å². The highest BCUT2D eigenvalue weighted by molar-refractivity contribution is 7.13. The summed E-state index contributed by atoms with van der Waals surface area (Å²) in [5.74, 6) is 0.979. The van der Waals surface area contributed by atoms with E-state index in [1.807, 2.05) is 36.5 Å². The number of rotatable bonds is 10. The number of benzene rings is 2. The average molecular weight is 481 g/mol. The van der Waals surface area contributed by atoms with Gasteiger partial charge in [-0.1, -0.05) is 24.3 Å². The molecule has 10 heteroatoms. The van der Waals surface area contributed by atoms with E-state index in [0.717, 1.165) is 11.3 Å². The van der Waals surface area contributed by atoms with Crippen LogP contribution < -0.4 is 19.5 Å². The third kappa shape index (κ3) is 5.36. The number of carbonyl (C=O) groups is 1. The second-order valence-electron chi connectivity index (χ2n) is 7.21. The number of carbonyl (C=O) groups excluding carboxylic acids is 1. The third-order valence-corrected chi connectivity index (χ3v) is 5.78. The summed E-state index contributed by atoms with van der Waals surface area (Å²) in [6.07, 6.45) is 2.63. The van der Waals surface area contributed by atoms with Crippen LogP contribution in [-0.2, 0) is 0 Å². The van der Waals surface area contributed by atoms with E-state index in [9.17, 15) is 9.90 Å². The fourth-order valence-electron chi connectivity index (χ4n) is 3.16. The molecule has 0 bridgehead atoms. The first-order valence-corrected chi connectivity index (χ1v) is 11.3. The van der Waals surface area contributed by atoms with Crippen LogP contribution in [0.15, 0.2) is 66.3 Å². The van der Waals surface area contributed by atoms with Crippen LogP contribution in [0.25, 0.3) is 16.3 Å². The fraction of sp³-hybridized carbons (Fsp3) is 0.208. The van der Waals surface area contributed by atoms with E-state index in [2.05, 4.69) is 15.4 Å². The number of aromatic nitrogens is 3. The van der Waals surface area contributed by atoms with Gasteiger partial charge in [-0.3, -0.25) is 4.79 Å². The Bertz CT molecular complexity index is 1220. The highest BCUT2D eigenvalue weighted by atomic mass is 32.1.